The Morgan fingerprint density at radius 1 is 1.19 bits per heavy atom. The molecule has 2 heterocycles. The van der Waals surface area contributed by atoms with Gasteiger partial charge in [-0.3, -0.25) is 4.68 Å². The van der Waals surface area contributed by atoms with E-state index in [1.54, 1.807) is 7.11 Å². The average molecular weight is 561 g/mol. The van der Waals surface area contributed by atoms with Crippen LogP contribution in [0.25, 0.3) is 0 Å². The highest BCUT2D eigenvalue weighted by molar-refractivity contribution is 14.0. The van der Waals surface area contributed by atoms with Crippen LogP contribution in [0.2, 0.25) is 5.02 Å². The van der Waals surface area contributed by atoms with E-state index in [1.807, 2.05) is 22.9 Å². The van der Waals surface area contributed by atoms with Crippen LogP contribution in [0.1, 0.15) is 23.9 Å². The lowest BCUT2D eigenvalue weighted by molar-refractivity contribution is 0.182. The molecule has 3 rings (SSSR count). The maximum atomic E-state index is 6.38. The van der Waals surface area contributed by atoms with Gasteiger partial charge in [0.05, 0.1) is 36.1 Å². The molecule has 1 aliphatic rings. The molecule has 2 aromatic rings. The molecule has 1 aliphatic heterocycles. The van der Waals surface area contributed by atoms with Gasteiger partial charge in [-0.25, -0.2) is 4.99 Å². The third-order valence-electron chi connectivity index (χ3n) is 5.53. The lowest BCUT2D eigenvalue weighted by Gasteiger charge is -2.38. The topological polar surface area (TPSA) is 57.9 Å². The minimum absolute atomic E-state index is 0. The molecule has 1 aromatic heterocycles. The number of guanidine groups is 1. The lowest BCUT2D eigenvalue weighted by atomic mass is 10.2. The van der Waals surface area contributed by atoms with Gasteiger partial charge in [-0.15, -0.1) is 24.0 Å². The van der Waals surface area contributed by atoms with E-state index in [0.29, 0.717) is 13.2 Å². The van der Waals surface area contributed by atoms with E-state index in [-0.39, 0.29) is 24.0 Å². The van der Waals surface area contributed by atoms with Crippen LogP contribution < -0.4 is 10.2 Å². The number of methoxy groups -OCH3 is 1. The molecule has 1 aromatic carbocycles. The quantitative estimate of drug-likeness (QED) is 0.318. The number of aromatic nitrogens is 2. The first-order valence-corrected chi connectivity index (χ1v) is 11.0. The molecule has 0 aliphatic carbocycles. The summed E-state index contributed by atoms with van der Waals surface area (Å²) in [6.07, 6.45) is 0. The van der Waals surface area contributed by atoms with E-state index in [4.69, 9.17) is 21.3 Å². The molecule has 1 fully saturated rings. The van der Waals surface area contributed by atoms with Crippen molar-refractivity contribution in [2.45, 2.75) is 33.9 Å². The molecule has 31 heavy (non-hydrogen) atoms. The van der Waals surface area contributed by atoms with Gasteiger partial charge in [-0.2, -0.15) is 5.10 Å². The number of hydrogen-bond acceptors (Lipinski definition) is 4. The number of aliphatic imine (C=N–C) groups is 1. The number of benzene rings is 1. The number of nitrogens with zero attached hydrogens (tertiary/aromatic N) is 5. The van der Waals surface area contributed by atoms with Crippen molar-refractivity contribution < 1.29 is 4.74 Å². The van der Waals surface area contributed by atoms with Gasteiger partial charge < -0.3 is 19.9 Å². The normalized spacial score (nSPS) is 14.5. The highest BCUT2D eigenvalue weighted by atomic mass is 127. The number of para-hydroxylation sites is 1. The molecule has 1 N–H and O–H groups in total. The maximum Gasteiger partial charge on any atom is 0.194 e. The van der Waals surface area contributed by atoms with E-state index < -0.39 is 0 Å². The van der Waals surface area contributed by atoms with Crippen molar-refractivity contribution in [3.63, 3.8) is 0 Å². The van der Waals surface area contributed by atoms with Gasteiger partial charge in [-0.1, -0.05) is 23.7 Å². The number of rotatable bonds is 7. The fourth-order valence-corrected chi connectivity index (χ4v) is 4.06. The SMILES string of the molecule is CCNC(=NCc1c(C)nn(CCOC)c1C)N1CCN(c2ccccc2Cl)CC1.I. The first-order valence-electron chi connectivity index (χ1n) is 10.6. The van der Waals surface area contributed by atoms with Crippen molar-refractivity contribution >= 4 is 47.2 Å². The van der Waals surface area contributed by atoms with Crippen LogP contribution in [0.3, 0.4) is 0 Å². The molecule has 172 valence electrons. The Labute approximate surface area is 207 Å². The first kappa shape index (κ1) is 25.7. The summed E-state index contributed by atoms with van der Waals surface area (Å²) < 4.78 is 7.20. The fourth-order valence-electron chi connectivity index (χ4n) is 3.81. The third-order valence-corrected chi connectivity index (χ3v) is 5.85. The summed E-state index contributed by atoms with van der Waals surface area (Å²) in [4.78, 5) is 9.61. The monoisotopic (exact) mass is 560 g/mol. The Morgan fingerprint density at radius 3 is 2.55 bits per heavy atom. The molecule has 0 atom stereocenters. The van der Waals surface area contributed by atoms with E-state index >= 15 is 0 Å². The maximum absolute atomic E-state index is 6.38. The van der Waals surface area contributed by atoms with Crippen LogP contribution in [0.5, 0.6) is 0 Å². The number of hydrogen-bond donors (Lipinski definition) is 1. The average Bonchev–Trinajstić information content (AvgIpc) is 3.03. The summed E-state index contributed by atoms with van der Waals surface area (Å²) in [6, 6.07) is 8.05. The fraction of sp³-hybridized carbons (Fsp3) is 0.545. The Bertz CT molecular complexity index is 864. The number of anilines is 1. The third kappa shape index (κ3) is 6.49. The number of aryl methyl sites for hydroxylation is 1. The van der Waals surface area contributed by atoms with Gasteiger partial charge in [0, 0.05) is 51.1 Å². The van der Waals surface area contributed by atoms with Crippen molar-refractivity contribution in [2.75, 3.05) is 51.3 Å². The summed E-state index contributed by atoms with van der Waals surface area (Å²) in [6.45, 7) is 12.8. The Hall–Kier alpha value is -1.52. The summed E-state index contributed by atoms with van der Waals surface area (Å²) >= 11 is 6.38. The van der Waals surface area contributed by atoms with Crippen molar-refractivity contribution in [3.8, 4) is 0 Å². The predicted molar refractivity (Wildman–Crippen MR) is 139 cm³/mol. The number of halogens is 2. The molecule has 1 saturated heterocycles. The van der Waals surface area contributed by atoms with Gasteiger partial charge in [0.1, 0.15) is 0 Å². The second-order valence-electron chi connectivity index (χ2n) is 7.46. The van der Waals surface area contributed by atoms with E-state index in [1.165, 1.54) is 5.56 Å². The van der Waals surface area contributed by atoms with Gasteiger partial charge in [0.25, 0.3) is 0 Å². The zero-order valence-corrected chi connectivity index (χ0v) is 22.0. The highest BCUT2D eigenvalue weighted by Crippen LogP contribution is 2.26. The van der Waals surface area contributed by atoms with Crippen LogP contribution in [-0.2, 0) is 17.8 Å². The Kier molecular flexibility index (Phi) is 10.4. The molecular formula is C22H34ClIN6O. The minimum Gasteiger partial charge on any atom is -0.383 e. The van der Waals surface area contributed by atoms with Crippen LogP contribution in [0.4, 0.5) is 5.69 Å². The summed E-state index contributed by atoms with van der Waals surface area (Å²) in [5.74, 6) is 0.958. The van der Waals surface area contributed by atoms with Gasteiger partial charge in [0.2, 0.25) is 0 Å². The molecule has 9 heteroatoms. The summed E-state index contributed by atoms with van der Waals surface area (Å²) in [5, 5.41) is 8.91. The van der Waals surface area contributed by atoms with Crippen molar-refractivity contribution in [1.29, 1.82) is 0 Å². The number of piperazine rings is 1. The number of ether oxygens (including phenoxy) is 1. The zero-order chi connectivity index (χ0) is 21.5. The van der Waals surface area contributed by atoms with E-state index in [2.05, 4.69) is 47.1 Å². The Morgan fingerprint density at radius 2 is 1.90 bits per heavy atom. The highest BCUT2D eigenvalue weighted by Gasteiger charge is 2.21. The zero-order valence-electron chi connectivity index (χ0n) is 18.9. The molecule has 0 bridgehead atoms. The molecule has 0 spiro atoms. The molecule has 0 saturated carbocycles. The van der Waals surface area contributed by atoms with E-state index in [0.717, 1.165) is 67.3 Å². The molecule has 0 unspecified atom stereocenters. The minimum atomic E-state index is 0. The van der Waals surface area contributed by atoms with Crippen LogP contribution in [0, 0.1) is 13.8 Å². The van der Waals surface area contributed by atoms with Crippen LogP contribution in [-0.4, -0.2) is 67.1 Å². The van der Waals surface area contributed by atoms with Crippen molar-refractivity contribution in [2.24, 2.45) is 4.99 Å². The van der Waals surface area contributed by atoms with E-state index in [9.17, 15) is 0 Å². The Balaban J connectivity index is 0.00000341. The van der Waals surface area contributed by atoms with Crippen LogP contribution in [0.15, 0.2) is 29.3 Å². The lowest BCUT2D eigenvalue weighted by Crippen LogP contribution is -2.52. The second kappa shape index (κ2) is 12.5. The van der Waals surface area contributed by atoms with Gasteiger partial charge >= 0.3 is 0 Å². The van der Waals surface area contributed by atoms with Crippen LogP contribution >= 0.6 is 35.6 Å². The first-order chi connectivity index (χ1) is 14.5. The standard InChI is InChI=1S/C22H33ClN6O.HI/c1-5-24-22(25-16-19-17(2)26-29(18(19)3)14-15-30-4)28-12-10-27(11-13-28)21-9-7-6-8-20(21)23;/h6-9H,5,10-16H2,1-4H3,(H,24,25);1H. The summed E-state index contributed by atoms with van der Waals surface area (Å²) in [7, 11) is 1.71. The molecular weight excluding hydrogens is 527 g/mol. The van der Waals surface area contributed by atoms with Gasteiger partial charge in [-0.05, 0) is 32.9 Å². The molecule has 0 radical (unpaired) electrons. The summed E-state index contributed by atoms with van der Waals surface area (Å²) in [5.41, 5.74) is 4.49. The second-order valence-corrected chi connectivity index (χ2v) is 7.87. The van der Waals surface area contributed by atoms with Crippen molar-refractivity contribution in [3.05, 3.63) is 46.2 Å². The molecule has 0 amide bonds. The van der Waals surface area contributed by atoms with Gasteiger partial charge in [0.15, 0.2) is 5.96 Å². The molecule has 7 nitrogen and oxygen atoms in total. The number of nitrogens with one attached hydrogen (secondary N) is 1. The smallest absolute Gasteiger partial charge is 0.194 e. The predicted octanol–water partition coefficient (Wildman–Crippen LogP) is 3.71. The van der Waals surface area contributed by atoms with Crippen molar-refractivity contribution in [1.82, 2.24) is 20.0 Å². The largest absolute Gasteiger partial charge is 0.383 e.